The Labute approximate surface area is 115 Å². The van der Waals surface area contributed by atoms with Gasteiger partial charge >= 0.3 is 0 Å². The van der Waals surface area contributed by atoms with Gasteiger partial charge in [0.2, 0.25) is 0 Å². The molecule has 3 rings (SSSR count). The van der Waals surface area contributed by atoms with Crippen LogP contribution in [0.1, 0.15) is 18.0 Å². The second-order valence-electron chi connectivity index (χ2n) is 5.01. The summed E-state index contributed by atoms with van der Waals surface area (Å²) in [7, 11) is 0. The first-order valence-electron chi connectivity index (χ1n) is 7.02. The number of hydrogen-bond acceptors (Lipinski definition) is 2. The van der Waals surface area contributed by atoms with E-state index < -0.39 is 0 Å². The lowest BCUT2D eigenvalue weighted by molar-refractivity contribution is 0.617. The van der Waals surface area contributed by atoms with Crippen LogP contribution in [0.4, 0.5) is 5.69 Å². The summed E-state index contributed by atoms with van der Waals surface area (Å²) in [6.07, 6.45) is 1.19. The van der Waals surface area contributed by atoms with Crippen molar-refractivity contribution in [2.45, 2.75) is 12.5 Å². The summed E-state index contributed by atoms with van der Waals surface area (Å²) < 4.78 is 0. The Hall–Kier alpha value is -1.80. The summed E-state index contributed by atoms with van der Waals surface area (Å²) in [5.41, 5.74) is 2.71. The smallest absolute Gasteiger partial charge is 0.0666 e. The van der Waals surface area contributed by atoms with E-state index in [1.54, 1.807) is 0 Å². The molecule has 1 atom stereocenters. The van der Waals surface area contributed by atoms with Crippen LogP contribution < -0.4 is 10.2 Å². The molecular formula is C17H20N2. The zero-order valence-electron chi connectivity index (χ0n) is 11.1. The third kappa shape index (κ3) is 2.79. The van der Waals surface area contributed by atoms with E-state index in [1.807, 2.05) is 0 Å². The minimum absolute atomic E-state index is 0.422. The number of nitrogens with one attached hydrogen (secondary N) is 1. The number of para-hydroxylation sites is 1. The Morgan fingerprint density at radius 3 is 2.32 bits per heavy atom. The highest BCUT2D eigenvalue weighted by Gasteiger charge is 2.22. The van der Waals surface area contributed by atoms with Gasteiger partial charge in [-0.2, -0.15) is 0 Å². The molecule has 1 saturated heterocycles. The molecule has 0 amide bonds. The molecule has 0 aromatic heterocycles. The summed E-state index contributed by atoms with van der Waals surface area (Å²) in [5, 5.41) is 3.55. The highest BCUT2D eigenvalue weighted by Crippen LogP contribution is 2.27. The molecule has 2 aromatic carbocycles. The Balaban J connectivity index is 1.94. The Kier molecular flexibility index (Phi) is 3.80. The first-order valence-corrected chi connectivity index (χ1v) is 7.02. The highest BCUT2D eigenvalue weighted by molar-refractivity contribution is 5.49. The molecule has 1 fully saturated rings. The summed E-state index contributed by atoms with van der Waals surface area (Å²) in [4.78, 5) is 2.52. The molecule has 2 heteroatoms. The Bertz CT molecular complexity index is 448. The monoisotopic (exact) mass is 252 g/mol. The van der Waals surface area contributed by atoms with Crippen molar-refractivity contribution < 1.29 is 0 Å². The Morgan fingerprint density at radius 2 is 1.58 bits per heavy atom. The van der Waals surface area contributed by atoms with Crippen LogP contribution >= 0.6 is 0 Å². The average molecular weight is 252 g/mol. The van der Waals surface area contributed by atoms with Crippen molar-refractivity contribution in [1.82, 2.24) is 5.32 Å². The molecule has 1 N–H and O–H groups in total. The maximum Gasteiger partial charge on any atom is 0.0666 e. The largest absolute Gasteiger partial charge is 0.363 e. The van der Waals surface area contributed by atoms with Gasteiger partial charge in [0.1, 0.15) is 0 Å². The molecule has 0 bridgehead atoms. The third-order valence-corrected chi connectivity index (χ3v) is 3.74. The number of benzene rings is 2. The van der Waals surface area contributed by atoms with Gasteiger partial charge in [0, 0.05) is 18.8 Å². The van der Waals surface area contributed by atoms with E-state index in [4.69, 9.17) is 0 Å². The SMILES string of the molecule is c1ccc([C@H]2CNCCCN2c2ccccc2)cc1. The summed E-state index contributed by atoms with van der Waals surface area (Å²) >= 11 is 0. The van der Waals surface area contributed by atoms with E-state index in [2.05, 4.69) is 70.9 Å². The van der Waals surface area contributed by atoms with Crippen LogP contribution in [0.3, 0.4) is 0 Å². The second kappa shape index (κ2) is 5.89. The van der Waals surface area contributed by atoms with Gasteiger partial charge in [-0.3, -0.25) is 0 Å². The topological polar surface area (TPSA) is 15.3 Å². The quantitative estimate of drug-likeness (QED) is 0.882. The van der Waals surface area contributed by atoms with E-state index >= 15 is 0 Å². The van der Waals surface area contributed by atoms with Crippen molar-refractivity contribution in [2.24, 2.45) is 0 Å². The van der Waals surface area contributed by atoms with Crippen LogP contribution in [0.2, 0.25) is 0 Å². The number of nitrogens with zero attached hydrogens (tertiary/aromatic N) is 1. The van der Waals surface area contributed by atoms with Crippen molar-refractivity contribution in [2.75, 3.05) is 24.5 Å². The van der Waals surface area contributed by atoms with E-state index in [0.29, 0.717) is 6.04 Å². The normalized spacial score (nSPS) is 20.0. The second-order valence-corrected chi connectivity index (χ2v) is 5.01. The summed E-state index contributed by atoms with van der Waals surface area (Å²) in [6.45, 7) is 3.22. The van der Waals surface area contributed by atoms with Crippen molar-refractivity contribution >= 4 is 5.69 Å². The first-order chi connectivity index (χ1) is 9.45. The molecule has 2 aromatic rings. The average Bonchev–Trinajstić information content (AvgIpc) is 2.75. The maximum absolute atomic E-state index is 3.55. The fourth-order valence-corrected chi connectivity index (χ4v) is 2.78. The van der Waals surface area contributed by atoms with E-state index in [0.717, 1.165) is 19.6 Å². The molecule has 2 nitrogen and oxygen atoms in total. The van der Waals surface area contributed by atoms with Crippen molar-refractivity contribution in [3.63, 3.8) is 0 Å². The standard InChI is InChI=1S/C17H20N2/c1-3-8-15(9-4-1)17-14-18-12-7-13-19(17)16-10-5-2-6-11-16/h1-6,8-11,17-18H,7,12-14H2/t17-/m1/s1. The van der Waals surface area contributed by atoms with Gasteiger partial charge in [-0.1, -0.05) is 48.5 Å². The van der Waals surface area contributed by atoms with E-state index in [9.17, 15) is 0 Å². The highest BCUT2D eigenvalue weighted by atomic mass is 15.2. The van der Waals surface area contributed by atoms with Crippen LogP contribution in [0.15, 0.2) is 60.7 Å². The van der Waals surface area contributed by atoms with Crippen molar-refractivity contribution in [1.29, 1.82) is 0 Å². The van der Waals surface area contributed by atoms with Gasteiger partial charge in [0.15, 0.2) is 0 Å². The lowest BCUT2D eigenvalue weighted by Gasteiger charge is -2.32. The molecule has 0 unspecified atom stereocenters. The predicted octanol–water partition coefficient (Wildman–Crippen LogP) is 3.23. The molecule has 0 spiro atoms. The lowest BCUT2D eigenvalue weighted by Crippen LogP contribution is -2.32. The van der Waals surface area contributed by atoms with Gasteiger partial charge in [-0.25, -0.2) is 0 Å². The fraction of sp³-hybridized carbons (Fsp3) is 0.294. The van der Waals surface area contributed by atoms with Gasteiger partial charge in [0.05, 0.1) is 6.04 Å². The molecule has 0 saturated carbocycles. The van der Waals surface area contributed by atoms with Gasteiger partial charge < -0.3 is 10.2 Å². The fourth-order valence-electron chi connectivity index (χ4n) is 2.78. The minimum Gasteiger partial charge on any atom is -0.363 e. The molecule has 0 radical (unpaired) electrons. The maximum atomic E-state index is 3.55. The lowest BCUT2D eigenvalue weighted by atomic mass is 10.0. The van der Waals surface area contributed by atoms with Crippen LogP contribution in [-0.2, 0) is 0 Å². The molecule has 19 heavy (non-hydrogen) atoms. The molecule has 1 aliphatic rings. The zero-order valence-corrected chi connectivity index (χ0v) is 11.1. The minimum atomic E-state index is 0.422. The molecule has 1 aliphatic heterocycles. The molecule has 98 valence electrons. The molecule has 0 aliphatic carbocycles. The molecular weight excluding hydrogens is 232 g/mol. The third-order valence-electron chi connectivity index (χ3n) is 3.74. The first kappa shape index (κ1) is 12.2. The van der Waals surface area contributed by atoms with Crippen LogP contribution in [-0.4, -0.2) is 19.6 Å². The summed E-state index contributed by atoms with van der Waals surface area (Å²) in [5.74, 6) is 0. The van der Waals surface area contributed by atoms with Crippen LogP contribution in [0.25, 0.3) is 0 Å². The van der Waals surface area contributed by atoms with Crippen LogP contribution in [0.5, 0.6) is 0 Å². The zero-order chi connectivity index (χ0) is 12.9. The van der Waals surface area contributed by atoms with E-state index in [1.165, 1.54) is 17.7 Å². The van der Waals surface area contributed by atoms with Crippen LogP contribution in [0, 0.1) is 0 Å². The number of rotatable bonds is 2. The predicted molar refractivity (Wildman–Crippen MR) is 80.5 cm³/mol. The van der Waals surface area contributed by atoms with Crippen molar-refractivity contribution in [3.05, 3.63) is 66.2 Å². The van der Waals surface area contributed by atoms with Gasteiger partial charge in [0.25, 0.3) is 0 Å². The van der Waals surface area contributed by atoms with E-state index in [-0.39, 0.29) is 0 Å². The van der Waals surface area contributed by atoms with Crippen molar-refractivity contribution in [3.8, 4) is 0 Å². The van der Waals surface area contributed by atoms with Gasteiger partial charge in [-0.05, 0) is 30.7 Å². The van der Waals surface area contributed by atoms with Gasteiger partial charge in [-0.15, -0.1) is 0 Å². The molecule has 1 heterocycles. The number of anilines is 1. The summed E-state index contributed by atoms with van der Waals surface area (Å²) in [6, 6.07) is 22.0. The Morgan fingerprint density at radius 1 is 0.895 bits per heavy atom. The number of hydrogen-bond donors (Lipinski definition) is 1.